The summed E-state index contributed by atoms with van der Waals surface area (Å²) in [5.74, 6) is 0. The molecule has 3 rings (SSSR count). The van der Waals surface area contributed by atoms with Gasteiger partial charge in [0.25, 0.3) is 10.0 Å². The smallest absolute Gasteiger partial charge is 0.294 e. The number of benzene rings is 1. The molecule has 2 aromatic heterocycles. The second-order valence-electron chi connectivity index (χ2n) is 5.07. The normalized spacial score (nSPS) is 13.0. The summed E-state index contributed by atoms with van der Waals surface area (Å²) >= 11 is 20.6. The SMILES string of the molecule is CCOCCn1/c(=N/S(=O)(=O)c2ccc(Cl)s2)sc2c(Cl)ccc(Cl)c21. The highest BCUT2D eigenvalue weighted by Gasteiger charge is 2.19. The Morgan fingerprint density at radius 2 is 1.85 bits per heavy atom. The Labute approximate surface area is 173 Å². The van der Waals surface area contributed by atoms with Gasteiger partial charge in [-0.2, -0.15) is 8.42 Å². The molecule has 1 aromatic carbocycles. The lowest BCUT2D eigenvalue weighted by Gasteiger charge is -2.07. The fourth-order valence-electron chi connectivity index (χ4n) is 2.27. The lowest BCUT2D eigenvalue weighted by molar-refractivity contribution is 0.139. The predicted molar refractivity (Wildman–Crippen MR) is 108 cm³/mol. The summed E-state index contributed by atoms with van der Waals surface area (Å²) in [6.45, 7) is 3.22. The summed E-state index contributed by atoms with van der Waals surface area (Å²) in [6, 6.07) is 6.31. The maximum absolute atomic E-state index is 12.6. The first-order valence-electron chi connectivity index (χ1n) is 7.45. The van der Waals surface area contributed by atoms with Crippen molar-refractivity contribution in [3.8, 4) is 0 Å². The molecule has 0 unspecified atom stereocenters. The number of nitrogens with zero attached hydrogens (tertiary/aromatic N) is 2. The van der Waals surface area contributed by atoms with E-state index < -0.39 is 10.0 Å². The number of thiophene rings is 1. The second-order valence-corrected chi connectivity index (χ2v) is 10.4. The molecule has 5 nitrogen and oxygen atoms in total. The van der Waals surface area contributed by atoms with Gasteiger partial charge in [-0.05, 0) is 31.2 Å². The molecular formula is C15H13Cl3N2O3S3. The first-order valence-corrected chi connectivity index (χ1v) is 11.7. The number of hydrogen-bond donors (Lipinski definition) is 0. The average Bonchev–Trinajstić information content (AvgIpc) is 3.17. The van der Waals surface area contributed by atoms with E-state index in [0.29, 0.717) is 44.4 Å². The largest absolute Gasteiger partial charge is 0.380 e. The van der Waals surface area contributed by atoms with Crippen molar-refractivity contribution in [1.29, 1.82) is 0 Å². The summed E-state index contributed by atoms with van der Waals surface area (Å²) < 4.78 is 37.5. The zero-order valence-corrected chi connectivity index (χ0v) is 18.1. The maximum atomic E-state index is 12.6. The Hall–Kier alpha value is -0.610. The standard InChI is InChI=1S/C15H13Cl3N2O3S3/c1-2-23-8-7-20-13-9(16)3-4-10(17)14(13)25-15(20)19-26(21,22)12-6-5-11(18)24-12/h3-6H,2,7-8H2,1H3/b19-15-. The molecule has 0 saturated heterocycles. The molecule has 0 fully saturated rings. The second kappa shape index (κ2) is 8.18. The molecule has 0 spiro atoms. The summed E-state index contributed by atoms with van der Waals surface area (Å²) in [6.07, 6.45) is 0. The van der Waals surface area contributed by atoms with Crippen molar-refractivity contribution in [3.63, 3.8) is 0 Å². The summed E-state index contributed by atoms with van der Waals surface area (Å²) in [7, 11) is -3.90. The zero-order chi connectivity index (χ0) is 18.9. The topological polar surface area (TPSA) is 60.7 Å². The van der Waals surface area contributed by atoms with Crippen LogP contribution >= 0.6 is 57.5 Å². The molecule has 140 valence electrons. The first-order chi connectivity index (χ1) is 12.3. The maximum Gasteiger partial charge on any atom is 0.294 e. The third kappa shape index (κ3) is 4.11. The number of rotatable bonds is 6. The van der Waals surface area contributed by atoms with Crippen LogP contribution in [-0.4, -0.2) is 26.2 Å². The number of ether oxygens (including phenoxy) is 1. The highest BCUT2D eigenvalue weighted by atomic mass is 35.5. The van der Waals surface area contributed by atoms with Crippen molar-refractivity contribution >= 4 is 77.7 Å². The molecule has 11 heteroatoms. The zero-order valence-electron chi connectivity index (χ0n) is 13.4. The van der Waals surface area contributed by atoms with Gasteiger partial charge in [-0.3, -0.25) is 0 Å². The van der Waals surface area contributed by atoms with Crippen LogP contribution in [0.4, 0.5) is 0 Å². The van der Waals surface area contributed by atoms with Crippen LogP contribution in [0, 0.1) is 0 Å². The van der Waals surface area contributed by atoms with Crippen LogP contribution in [0.25, 0.3) is 10.2 Å². The predicted octanol–water partition coefficient (Wildman–Crippen LogP) is 5.05. The van der Waals surface area contributed by atoms with Crippen LogP contribution in [0.3, 0.4) is 0 Å². The van der Waals surface area contributed by atoms with E-state index in [0.717, 1.165) is 11.3 Å². The quantitative estimate of drug-likeness (QED) is 0.473. The Morgan fingerprint density at radius 1 is 1.12 bits per heavy atom. The van der Waals surface area contributed by atoms with Crippen molar-refractivity contribution in [2.75, 3.05) is 13.2 Å². The van der Waals surface area contributed by atoms with Gasteiger partial charge in [0.2, 0.25) is 4.80 Å². The van der Waals surface area contributed by atoms with Crippen molar-refractivity contribution in [1.82, 2.24) is 4.57 Å². The van der Waals surface area contributed by atoms with Crippen LogP contribution < -0.4 is 4.80 Å². The molecule has 0 atom stereocenters. The van der Waals surface area contributed by atoms with E-state index in [1.54, 1.807) is 16.7 Å². The highest BCUT2D eigenvalue weighted by Crippen LogP contribution is 2.32. The Bertz CT molecular complexity index is 1120. The number of hydrogen-bond acceptors (Lipinski definition) is 5. The van der Waals surface area contributed by atoms with Crippen molar-refractivity contribution < 1.29 is 13.2 Å². The van der Waals surface area contributed by atoms with E-state index in [1.807, 2.05) is 6.92 Å². The van der Waals surface area contributed by atoms with Gasteiger partial charge in [0, 0.05) is 13.2 Å². The molecule has 0 radical (unpaired) electrons. The van der Waals surface area contributed by atoms with Gasteiger partial charge >= 0.3 is 0 Å². The average molecular weight is 472 g/mol. The van der Waals surface area contributed by atoms with Crippen LogP contribution in [-0.2, 0) is 21.3 Å². The molecule has 0 amide bonds. The molecular weight excluding hydrogens is 459 g/mol. The lowest BCUT2D eigenvalue weighted by Crippen LogP contribution is -2.19. The molecule has 0 aliphatic heterocycles. The monoisotopic (exact) mass is 470 g/mol. The van der Waals surface area contributed by atoms with E-state index >= 15 is 0 Å². The third-order valence-corrected chi connectivity index (χ3v) is 8.32. The molecule has 0 aliphatic rings. The first kappa shape index (κ1) is 20.1. The molecule has 2 heterocycles. The van der Waals surface area contributed by atoms with E-state index in [2.05, 4.69) is 4.40 Å². The molecule has 0 bridgehead atoms. The highest BCUT2D eigenvalue weighted by molar-refractivity contribution is 7.92. The summed E-state index contributed by atoms with van der Waals surface area (Å²) in [5.41, 5.74) is 0.641. The van der Waals surface area contributed by atoms with Gasteiger partial charge in [0.05, 0.1) is 31.2 Å². The number of fused-ring (bicyclic) bond motifs is 1. The van der Waals surface area contributed by atoms with Crippen LogP contribution in [0.5, 0.6) is 0 Å². The third-order valence-electron chi connectivity index (χ3n) is 3.39. The van der Waals surface area contributed by atoms with E-state index in [-0.39, 0.29) is 9.01 Å². The molecule has 0 saturated carbocycles. The van der Waals surface area contributed by atoms with E-state index in [4.69, 9.17) is 39.5 Å². The van der Waals surface area contributed by atoms with Gasteiger partial charge < -0.3 is 9.30 Å². The number of halogens is 3. The minimum Gasteiger partial charge on any atom is -0.380 e. The van der Waals surface area contributed by atoms with Gasteiger partial charge in [-0.1, -0.05) is 46.1 Å². The number of thiazole rings is 1. The molecule has 0 N–H and O–H groups in total. The van der Waals surface area contributed by atoms with Gasteiger partial charge in [-0.25, -0.2) is 0 Å². The van der Waals surface area contributed by atoms with Crippen LogP contribution in [0.15, 0.2) is 32.9 Å². The van der Waals surface area contributed by atoms with Crippen molar-refractivity contribution in [3.05, 3.63) is 43.4 Å². The van der Waals surface area contributed by atoms with Crippen LogP contribution in [0.2, 0.25) is 14.4 Å². The van der Waals surface area contributed by atoms with E-state index in [1.165, 1.54) is 23.5 Å². The Morgan fingerprint density at radius 3 is 2.50 bits per heavy atom. The fraction of sp³-hybridized carbons (Fsp3) is 0.267. The van der Waals surface area contributed by atoms with Crippen molar-refractivity contribution in [2.24, 2.45) is 4.40 Å². The minimum absolute atomic E-state index is 0.0773. The van der Waals surface area contributed by atoms with Gasteiger partial charge in [0.1, 0.15) is 4.21 Å². The minimum atomic E-state index is -3.90. The van der Waals surface area contributed by atoms with E-state index in [9.17, 15) is 8.42 Å². The van der Waals surface area contributed by atoms with Gasteiger partial charge in [0.15, 0.2) is 0 Å². The summed E-state index contributed by atoms with van der Waals surface area (Å²) in [5, 5.41) is 0.952. The molecule has 3 aromatic rings. The van der Waals surface area contributed by atoms with Crippen LogP contribution in [0.1, 0.15) is 6.92 Å². The lowest BCUT2D eigenvalue weighted by atomic mass is 10.3. The van der Waals surface area contributed by atoms with Crippen molar-refractivity contribution in [2.45, 2.75) is 17.7 Å². The Kier molecular flexibility index (Phi) is 6.33. The number of sulfonamides is 1. The van der Waals surface area contributed by atoms with Gasteiger partial charge in [-0.15, -0.1) is 15.7 Å². The number of aromatic nitrogens is 1. The molecule has 26 heavy (non-hydrogen) atoms. The fourth-order valence-corrected chi connectivity index (χ4v) is 6.61. The Balaban J connectivity index is 2.22. The molecule has 0 aliphatic carbocycles. The summed E-state index contributed by atoms with van der Waals surface area (Å²) in [4.78, 5) is 0.277.